The average molecular weight is 292 g/mol. The van der Waals surface area contributed by atoms with Crippen molar-refractivity contribution in [1.82, 2.24) is 0 Å². The number of Topliss-reactive ketones (excluding diaryl/α,β-unsaturated/α-hetero) is 1. The SMILES string of the molecule is CC1CN(c2cc3c(cc2F)C(=O)C(=O)N3)CC(C)(C)O1. The lowest BCUT2D eigenvalue weighted by Gasteiger charge is -2.43. The van der Waals surface area contributed by atoms with Gasteiger partial charge in [-0.25, -0.2) is 4.39 Å². The van der Waals surface area contributed by atoms with Crippen LogP contribution < -0.4 is 10.2 Å². The van der Waals surface area contributed by atoms with Gasteiger partial charge in [-0.05, 0) is 32.9 Å². The lowest BCUT2D eigenvalue weighted by molar-refractivity contribution is -0.112. The fourth-order valence-electron chi connectivity index (χ4n) is 3.03. The number of nitrogens with one attached hydrogen (secondary N) is 1. The minimum atomic E-state index is -0.711. The standard InChI is InChI=1S/C15H17FN2O3/c1-8-6-18(7-15(2,3)21-8)12-5-11-9(4-10(12)16)13(19)14(20)17-11/h4-5,8H,6-7H2,1-3H3,(H,17,19,20). The van der Waals surface area contributed by atoms with E-state index in [9.17, 15) is 14.0 Å². The highest BCUT2D eigenvalue weighted by Gasteiger charge is 2.35. The molecule has 112 valence electrons. The van der Waals surface area contributed by atoms with E-state index < -0.39 is 17.5 Å². The van der Waals surface area contributed by atoms with E-state index >= 15 is 0 Å². The van der Waals surface area contributed by atoms with Crippen molar-refractivity contribution in [2.45, 2.75) is 32.5 Å². The second kappa shape index (κ2) is 4.53. The van der Waals surface area contributed by atoms with Crippen LogP contribution in [0.5, 0.6) is 0 Å². The number of halogens is 1. The van der Waals surface area contributed by atoms with Crippen LogP contribution in [0.25, 0.3) is 0 Å². The lowest BCUT2D eigenvalue weighted by Crippen LogP contribution is -2.52. The van der Waals surface area contributed by atoms with Gasteiger partial charge in [0.05, 0.1) is 28.6 Å². The molecule has 1 saturated heterocycles. The van der Waals surface area contributed by atoms with Crippen molar-refractivity contribution in [3.8, 4) is 0 Å². The van der Waals surface area contributed by atoms with Crippen LogP contribution in [0.4, 0.5) is 15.8 Å². The van der Waals surface area contributed by atoms with Gasteiger partial charge >= 0.3 is 0 Å². The molecule has 0 saturated carbocycles. The molecule has 3 rings (SSSR count). The fourth-order valence-corrected chi connectivity index (χ4v) is 3.03. The van der Waals surface area contributed by atoms with Gasteiger partial charge in [0.25, 0.3) is 11.7 Å². The number of fused-ring (bicyclic) bond motifs is 1. The first-order chi connectivity index (χ1) is 9.77. The number of carbonyl (C=O) groups excluding carboxylic acids is 2. The normalized spacial score (nSPS) is 24.0. The van der Waals surface area contributed by atoms with Crippen LogP contribution in [0.1, 0.15) is 31.1 Å². The molecule has 2 aliphatic heterocycles. The number of amides is 1. The topological polar surface area (TPSA) is 58.6 Å². The summed E-state index contributed by atoms with van der Waals surface area (Å²) in [6.45, 7) is 6.93. The number of ether oxygens (including phenoxy) is 1. The van der Waals surface area contributed by atoms with Crippen LogP contribution in [-0.2, 0) is 9.53 Å². The summed E-state index contributed by atoms with van der Waals surface area (Å²) >= 11 is 0. The number of hydrogen-bond donors (Lipinski definition) is 1. The predicted octanol–water partition coefficient (Wildman–Crippen LogP) is 1.96. The summed E-state index contributed by atoms with van der Waals surface area (Å²) in [5.41, 5.74) is 0.467. The number of morpholine rings is 1. The number of benzene rings is 1. The summed E-state index contributed by atoms with van der Waals surface area (Å²) in [5.74, 6) is -1.90. The molecule has 1 N–H and O–H groups in total. The molecule has 0 radical (unpaired) electrons. The predicted molar refractivity (Wildman–Crippen MR) is 76.2 cm³/mol. The Labute approximate surface area is 122 Å². The average Bonchev–Trinajstić information content (AvgIpc) is 2.62. The first-order valence-corrected chi connectivity index (χ1v) is 6.89. The minimum absolute atomic E-state index is 0.0300. The molecule has 21 heavy (non-hydrogen) atoms. The Hall–Kier alpha value is -1.95. The Morgan fingerprint density at radius 1 is 1.38 bits per heavy atom. The fraction of sp³-hybridized carbons (Fsp3) is 0.467. The van der Waals surface area contributed by atoms with Crippen LogP contribution in [0.3, 0.4) is 0 Å². The Morgan fingerprint density at radius 3 is 2.76 bits per heavy atom. The molecule has 2 heterocycles. The van der Waals surface area contributed by atoms with Gasteiger partial charge in [0.1, 0.15) is 5.82 Å². The lowest BCUT2D eigenvalue weighted by atomic mass is 10.0. The van der Waals surface area contributed by atoms with Crippen molar-refractivity contribution in [2.24, 2.45) is 0 Å². The second-order valence-electron chi connectivity index (χ2n) is 6.20. The van der Waals surface area contributed by atoms with Crippen molar-refractivity contribution < 1.29 is 18.7 Å². The summed E-state index contributed by atoms with van der Waals surface area (Å²) in [4.78, 5) is 24.8. The molecule has 1 unspecified atom stereocenters. The first kappa shape index (κ1) is 14.0. The van der Waals surface area contributed by atoms with Crippen molar-refractivity contribution in [1.29, 1.82) is 0 Å². The first-order valence-electron chi connectivity index (χ1n) is 6.89. The molecule has 0 spiro atoms. The quantitative estimate of drug-likeness (QED) is 0.804. The maximum absolute atomic E-state index is 14.3. The van der Waals surface area contributed by atoms with Crippen LogP contribution in [0.15, 0.2) is 12.1 Å². The maximum atomic E-state index is 14.3. The molecule has 0 bridgehead atoms. The molecular weight excluding hydrogens is 275 g/mol. The van der Waals surface area contributed by atoms with Crippen LogP contribution >= 0.6 is 0 Å². The largest absolute Gasteiger partial charge is 0.369 e. The smallest absolute Gasteiger partial charge is 0.296 e. The number of rotatable bonds is 1. The van der Waals surface area contributed by atoms with Crippen LogP contribution in [0, 0.1) is 5.82 Å². The molecule has 1 aromatic rings. The number of nitrogens with zero attached hydrogens (tertiary/aromatic N) is 1. The summed E-state index contributed by atoms with van der Waals surface area (Å²) in [6, 6.07) is 2.67. The third kappa shape index (κ3) is 2.40. The summed E-state index contributed by atoms with van der Waals surface area (Å²) < 4.78 is 20.1. The highest BCUT2D eigenvalue weighted by Crippen LogP contribution is 2.34. The monoisotopic (exact) mass is 292 g/mol. The van der Waals surface area contributed by atoms with Crippen molar-refractivity contribution in [3.05, 3.63) is 23.5 Å². The number of carbonyl (C=O) groups is 2. The molecular formula is C15H17FN2O3. The summed E-state index contributed by atoms with van der Waals surface area (Å²) in [6.07, 6.45) is -0.0300. The molecule has 0 aliphatic carbocycles. The molecule has 1 fully saturated rings. The van der Waals surface area contributed by atoms with Gasteiger partial charge < -0.3 is 15.0 Å². The Kier molecular flexibility index (Phi) is 3.02. The van der Waals surface area contributed by atoms with Crippen LogP contribution in [-0.4, -0.2) is 36.5 Å². The van der Waals surface area contributed by atoms with Crippen LogP contribution in [0.2, 0.25) is 0 Å². The number of hydrogen-bond acceptors (Lipinski definition) is 4. The molecule has 6 heteroatoms. The van der Waals surface area contributed by atoms with Gasteiger partial charge in [-0.2, -0.15) is 0 Å². The van der Waals surface area contributed by atoms with Gasteiger partial charge in [0, 0.05) is 13.1 Å². The molecule has 0 aromatic heterocycles. The van der Waals surface area contributed by atoms with E-state index in [1.807, 2.05) is 25.7 Å². The Bertz CT molecular complexity index is 642. The number of anilines is 2. The molecule has 1 amide bonds. The molecule has 5 nitrogen and oxygen atoms in total. The van der Waals surface area contributed by atoms with Gasteiger partial charge in [-0.1, -0.05) is 0 Å². The molecule has 1 atom stereocenters. The third-order valence-corrected chi connectivity index (χ3v) is 3.70. The Morgan fingerprint density at radius 2 is 2.10 bits per heavy atom. The van der Waals surface area contributed by atoms with E-state index in [0.717, 1.165) is 6.07 Å². The minimum Gasteiger partial charge on any atom is -0.369 e. The van der Waals surface area contributed by atoms with E-state index in [0.29, 0.717) is 24.5 Å². The van der Waals surface area contributed by atoms with Gasteiger partial charge in [0.15, 0.2) is 0 Å². The molecule has 2 aliphatic rings. The summed E-state index contributed by atoms with van der Waals surface area (Å²) in [7, 11) is 0. The third-order valence-electron chi connectivity index (χ3n) is 3.70. The van der Waals surface area contributed by atoms with E-state index in [2.05, 4.69) is 5.32 Å². The zero-order valence-electron chi connectivity index (χ0n) is 12.2. The highest BCUT2D eigenvalue weighted by molar-refractivity contribution is 6.51. The van der Waals surface area contributed by atoms with Crippen molar-refractivity contribution in [3.63, 3.8) is 0 Å². The maximum Gasteiger partial charge on any atom is 0.296 e. The van der Waals surface area contributed by atoms with Gasteiger partial charge in [-0.3, -0.25) is 9.59 Å². The number of ketones is 1. The van der Waals surface area contributed by atoms with E-state index in [-0.39, 0.29) is 17.3 Å². The molecule has 1 aromatic carbocycles. The van der Waals surface area contributed by atoms with E-state index in [1.165, 1.54) is 6.07 Å². The zero-order valence-corrected chi connectivity index (χ0v) is 12.2. The van der Waals surface area contributed by atoms with Gasteiger partial charge in [0.2, 0.25) is 0 Å². The van der Waals surface area contributed by atoms with E-state index in [4.69, 9.17) is 4.74 Å². The van der Waals surface area contributed by atoms with E-state index in [1.54, 1.807) is 0 Å². The zero-order chi connectivity index (χ0) is 15.4. The second-order valence-corrected chi connectivity index (χ2v) is 6.20. The van der Waals surface area contributed by atoms with Crippen molar-refractivity contribution >= 4 is 23.1 Å². The van der Waals surface area contributed by atoms with Crippen molar-refractivity contribution in [2.75, 3.05) is 23.3 Å². The van der Waals surface area contributed by atoms with Gasteiger partial charge in [-0.15, -0.1) is 0 Å². The summed E-state index contributed by atoms with van der Waals surface area (Å²) in [5, 5.41) is 2.47. The highest BCUT2D eigenvalue weighted by atomic mass is 19.1. The Balaban J connectivity index is 1.99.